The quantitative estimate of drug-likeness (QED) is 0.262. The number of ether oxygens (including phenoxy) is 2. The molecule has 2 aliphatic rings. The molecule has 1 amide bonds. The zero-order valence-corrected chi connectivity index (χ0v) is 23.4. The summed E-state index contributed by atoms with van der Waals surface area (Å²) in [6.07, 6.45) is 9.87. The van der Waals surface area contributed by atoms with E-state index in [1.165, 1.54) is 6.20 Å². The van der Waals surface area contributed by atoms with Gasteiger partial charge in [-0.25, -0.2) is 9.98 Å². The molecule has 0 bridgehead atoms. The largest absolute Gasteiger partial charge is 0.404 e. The van der Waals surface area contributed by atoms with Gasteiger partial charge in [-0.05, 0) is 69.2 Å². The fourth-order valence-electron chi connectivity index (χ4n) is 5.42. The first-order valence-corrected chi connectivity index (χ1v) is 13.9. The van der Waals surface area contributed by atoms with Crippen LogP contribution in [0, 0.1) is 11.3 Å². The first-order chi connectivity index (χ1) is 19.5. The van der Waals surface area contributed by atoms with Crippen molar-refractivity contribution in [2.45, 2.75) is 56.9 Å². The highest BCUT2D eigenvalue weighted by atomic mass is 16.5. The van der Waals surface area contributed by atoms with Crippen molar-refractivity contribution in [2.75, 3.05) is 45.3 Å². The molecule has 0 radical (unpaired) electrons. The highest BCUT2D eigenvalue weighted by Gasteiger charge is 2.40. The summed E-state index contributed by atoms with van der Waals surface area (Å²) in [5.41, 5.74) is 8.25. The van der Waals surface area contributed by atoms with Crippen LogP contribution in [0.15, 0.2) is 53.4 Å². The summed E-state index contributed by atoms with van der Waals surface area (Å²) in [5.74, 6) is 0.104. The van der Waals surface area contributed by atoms with Crippen LogP contribution < -0.4 is 11.1 Å². The van der Waals surface area contributed by atoms with Gasteiger partial charge in [0.25, 0.3) is 5.91 Å². The first kappa shape index (κ1) is 29.3. The van der Waals surface area contributed by atoms with Crippen LogP contribution in [0.3, 0.4) is 0 Å². The molecule has 40 heavy (non-hydrogen) atoms. The van der Waals surface area contributed by atoms with Crippen LogP contribution in [0.5, 0.6) is 0 Å². The fraction of sp³-hybridized carbons (Fsp3) is 0.500. The molecule has 1 aliphatic carbocycles. The van der Waals surface area contributed by atoms with E-state index in [1.54, 1.807) is 32.5 Å². The Balaban J connectivity index is 1.36. The highest BCUT2D eigenvalue weighted by Crippen LogP contribution is 2.40. The third kappa shape index (κ3) is 7.30. The minimum Gasteiger partial charge on any atom is -0.404 e. The maximum absolute atomic E-state index is 13.0. The van der Waals surface area contributed by atoms with Crippen LogP contribution >= 0.6 is 0 Å². The van der Waals surface area contributed by atoms with Gasteiger partial charge >= 0.3 is 0 Å². The number of morpholine rings is 1. The molecule has 1 aliphatic heterocycles. The molecular weight excluding hydrogens is 506 g/mol. The maximum atomic E-state index is 13.0. The van der Waals surface area contributed by atoms with Crippen molar-refractivity contribution in [3.05, 3.63) is 59.7 Å². The zero-order chi connectivity index (χ0) is 28.4. The Morgan fingerprint density at radius 3 is 2.62 bits per heavy atom. The minimum absolute atomic E-state index is 0.241. The van der Waals surface area contributed by atoms with E-state index in [0.717, 1.165) is 76.1 Å². The lowest BCUT2D eigenvalue weighted by molar-refractivity contribution is -0.112. The molecule has 1 saturated carbocycles. The molecule has 4 rings (SSSR count). The van der Waals surface area contributed by atoms with Gasteiger partial charge < -0.3 is 20.5 Å². The number of nitrogens with one attached hydrogen (secondary N) is 1. The normalized spacial score (nSPS) is 22.5. The molecule has 0 spiro atoms. The van der Waals surface area contributed by atoms with Gasteiger partial charge in [0.1, 0.15) is 0 Å². The molecule has 0 aromatic carbocycles. The summed E-state index contributed by atoms with van der Waals surface area (Å²) in [5, 5.41) is 13.0. The monoisotopic (exact) mass is 545 g/mol. The highest BCUT2D eigenvalue weighted by molar-refractivity contribution is 6.24. The number of carbonyl (C=O) groups is 1. The van der Waals surface area contributed by atoms with E-state index in [-0.39, 0.29) is 5.57 Å². The van der Waals surface area contributed by atoms with Crippen molar-refractivity contribution >= 4 is 23.1 Å². The van der Waals surface area contributed by atoms with Crippen LogP contribution in [0.2, 0.25) is 0 Å². The second kappa shape index (κ2) is 14.1. The Labute approximate surface area is 236 Å². The average molecular weight is 546 g/mol. The standard InChI is InChI=1S/C30H39N7O3/c1-22(35-28-8-5-23(19-34-28)4-3-15-39-2)26(18-31)29(38)36-24-6-7-27(33-20-24)30(21-32)11-9-25(10-12-30)37-13-16-40-17-14-37/h5-8,18-20,25H,3-4,9-17,31H2,1-2H3,(H,36,38). The van der Waals surface area contributed by atoms with Crippen molar-refractivity contribution in [1.82, 2.24) is 14.9 Å². The summed E-state index contributed by atoms with van der Waals surface area (Å²) >= 11 is 0. The first-order valence-electron chi connectivity index (χ1n) is 13.9. The number of nitriles is 1. The number of methoxy groups -OCH3 is 1. The number of amides is 1. The van der Waals surface area contributed by atoms with Crippen molar-refractivity contribution < 1.29 is 14.3 Å². The van der Waals surface area contributed by atoms with Crippen LogP contribution in [0.25, 0.3) is 0 Å². The molecule has 1 saturated heterocycles. The van der Waals surface area contributed by atoms with Gasteiger partial charge in [0.05, 0.1) is 53.6 Å². The lowest BCUT2D eigenvalue weighted by Crippen LogP contribution is -2.47. The van der Waals surface area contributed by atoms with Crippen molar-refractivity contribution in [3.63, 3.8) is 0 Å². The number of carbonyl (C=O) groups excluding carboxylic acids is 1. The van der Waals surface area contributed by atoms with Gasteiger partial charge in [-0.15, -0.1) is 0 Å². The van der Waals surface area contributed by atoms with Gasteiger partial charge in [-0.1, -0.05) is 6.07 Å². The number of rotatable bonds is 10. The number of nitrogens with zero attached hydrogens (tertiary/aromatic N) is 5. The second-order valence-electron chi connectivity index (χ2n) is 10.4. The summed E-state index contributed by atoms with van der Waals surface area (Å²) < 4.78 is 10.6. The van der Waals surface area contributed by atoms with Crippen molar-refractivity contribution in [2.24, 2.45) is 10.7 Å². The summed E-state index contributed by atoms with van der Waals surface area (Å²) in [4.78, 5) is 28.9. The van der Waals surface area contributed by atoms with Crippen molar-refractivity contribution in [1.29, 1.82) is 5.26 Å². The van der Waals surface area contributed by atoms with E-state index in [0.29, 0.717) is 29.9 Å². The van der Waals surface area contributed by atoms with Gasteiger partial charge in [0.15, 0.2) is 5.82 Å². The number of aliphatic imine (C=N–C) groups is 1. The number of anilines is 1. The number of aryl methyl sites for hydroxylation is 1. The van der Waals surface area contributed by atoms with E-state index in [1.807, 2.05) is 18.2 Å². The Morgan fingerprint density at radius 2 is 2.02 bits per heavy atom. The Bertz CT molecular complexity index is 1220. The Morgan fingerprint density at radius 1 is 1.25 bits per heavy atom. The van der Waals surface area contributed by atoms with Crippen LogP contribution in [-0.2, 0) is 26.1 Å². The lowest BCUT2D eigenvalue weighted by atomic mass is 9.71. The van der Waals surface area contributed by atoms with E-state index in [9.17, 15) is 10.1 Å². The summed E-state index contributed by atoms with van der Waals surface area (Å²) in [6.45, 7) is 5.89. The topological polar surface area (TPSA) is 139 Å². The molecule has 2 aromatic heterocycles. The Hall–Kier alpha value is -3.65. The van der Waals surface area contributed by atoms with E-state index in [2.05, 4.69) is 31.2 Å². The molecule has 3 heterocycles. The van der Waals surface area contributed by atoms with Crippen LogP contribution in [-0.4, -0.2) is 72.5 Å². The number of pyridine rings is 2. The van der Waals surface area contributed by atoms with E-state index >= 15 is 0 Å². The third-order valence-corrected chi connectivity index (χ3v) is 7.80. The minimum atomic E-state index is -0.608. The van der Waals surface area contributed by atoms with E-state index in [4.69, 9.17) is 15.2 Å². The SMILES string of the molecule is COCCCc1ccc(N=C(C)C(=CN)C(=O)Nc2ccc(C3(C#N)CCC(N4CCOCC4)CC3)nc2)nc1. The van der Waals surface area contributed by atoms with E-state index < -0.39 is 11.3 Å². The molecule has 2 aromatic rings. The average Bonchev–Trinajstić information content (AvgIpc) is 2.99. The summed E-state index contributed by atoms with van der Waals surface area (Å²) in [6, 6.07) is 10.5. The lowest BCUT2D eigenvalue weighted by Gasteiger charge is -2.41. The van der Waals surface area contributed by atoms with Crippen molar-refractivity contribution in [3.8, 4) is 6.07 Å². The second-order valence-corrected chi connectivity index (χ2v) is 10.4. The smallest absolute Gasteiger partial charge is 0.259 e. The third-order valence-electron chi connectivity index (χ3n) is 7.80. The van der Waals surface area contributed by atoms with Gasteiger partial charge in [0, 0.05) is 45.2 Å². The number of nitrogens with two attached hydrogens (primary N) is 1. The molecule has 10 nitrogen and oxygen atoms in total. The number of aromatic nitrogens is 2. The molecule has 212 valence electrons. The summed E-state index contributed by atoms with van der Waals surface area (Å²) in [7, 11) is 1.69. The maximum Gasteiger partial charge on any atom is 0.259 e. The van der Waals surface area contributed by atoms with Gasteiger partial charge in [0.2, 0.25) is 0 Å². The molecule has 2 fully saturated rings. The molecule has 3 N–H and O–H groups in total. The number of hydrogen-bond acceptors (Lipinski definition) is 9. The fourth-order valence-corrected chi connectivity index (χ4v) is 5.42. The van der Waals surface area contributed by atoms with Crippen LogP contribution in [0.4, 0.5) is 11.5 Å². The Kier molecular flexibility index (Phi) is 10.4. The van der Waals surface area contributed by atoms with Crippen LogP contribution in [0.1, 0.15) is 50.3 Å². The van der Waals surface area contributed by atoms with Gasteiger partial charge in [-0.3, -0.25) is 14.7 Å². The molecular formula is C30H39N7O3. The predicted octanol–water partition coefficient (Wildman–Crippen LogP) is 3.67. The molecule has 0 unspecified atom stereocenters. The molecule has 0 atom stereocenters. The predicted molar refractivity (Wildman–Crippen MR) is 154 cm³/mol. The molecule has 10 heteroatoms. The number of hydrogen-bond donors (Lipinski definition) is 2. The zero-order valence-electron chi connectivity index (χ0n) is 23.4. The van der Waals surface area contributed by atoms with Gasteiger partial charge in [-0.2, -0.15) is 5.26 Å².